The van der Waals surface area contributed by atoms with Crippen LogP contribution in [0.3, 0.4) is 0 Å². The lowest BCUT2D eigenvalue weighted by molar-refractivity contribution is 0.119. The Morgan fingerprint density at radius 3 is 2.76 bits per heavy atom. The summed E-state index contributed by atoms with van der Waals surface area (Å²) in [4.78, 5) is 6.79. The molecule has 152 valence electrons. The van der Waals surface area contributed by atoms with Crippen LogP contribution >= 0.6 is 0 Å². The molecule has 2 fully saturated rings. The standard InChI is InChI=1S/C24H27FN2O2/c1-17-4-2-6-23(13-20(25)10-17)29-24-11-18-15-27(16-19(18)12-24)9-3-5-21-7-8-22(28)14-26-21/h4,7-8,10,13-14,18-19,24,28H,3,5,9,11-12,15-16H2,1H3/b17-4?,17-10?,20-10?,20-13?,23-13-. The first kappa shape index (κ1) is 19.7. The van der Waals surface area contributed by atoms with Crippen LogP contribution in [0.1, 0.15) is 31.9 Å². The molecule has 1 aromatic heterocycles. The fourth-order valence-electron chi connectivity index (χ4n) is 4.59. The van der Waals surface area contributed by atoms with Gasteiger partial charge in [-0.2, -0.15) is 0 Å². The summed E-state index contributed by atoms with van der Waals surface area (Å²) >= 11 is 0. The Bertz CT molecular complexity index is 878. The van der Waals surface area contributed by atoms with Crippen molar-refractivity contribution in [2.75, 3.05) is 19.6 Å². The fourth-order valence-corrected chi connectivity index (χ4v) is 4.59. The number of aromatic hydroxyl groups is 1. The molecule has 2 atom stereocenters. The number of likely N-dealkylation sites (tertiary alicyclic amines) is 1. The van der Waals surface area contributed by atoms with Gasteiger partial charge in [0.2, 0.25) is 0 Å². The van der Waals surface area contributed by atoms with E-state index in [-0.39, 0.29) is 17.7 Å². The van der Waals surface area contributed by atoms with Crippen molar-refractivity contribution in [1.82, 2.24) is 9.88 Å². The molecular weight excluding hydrogens is 367 g/mol. The molecule has 0 spiro atoms. The highest BCUT2D eigenvalue weighted by molar-refractivity contribution is 5.40. The minimum Gasteiger partial charge on any atom is -0.506 e. The first-order valence-corrected chi connectivity index (χ1v) is 10.4. The number of halogens is 1. The lowest BCUT2D eigenvalue weighted by Gasteiger charge is -2.19. The van der Waals surface area contributed by atoms with Gasteiger partial charge in [-0.1, -0.05) is 5.92 Å². The van der Waals surface area contributed by atoms with E-state index in [9.17, 15) is 9.50 Å². The van der Waals surface area contributed by atoms with Gasteiger partial charge >= 0.3 is 0 Å². The summed E-state index contributed by atoms with van der Waals surface area (Å²) in [5.74, 6) is 7.50. The normalized spacial score (nSPS) is 28.2. The average molecular weight is 394 g/mol. The minimum atomic E-state index is -0.310. The van der Waals surface area contributed by atoms with Crippen molar-refractivity contribution in [1.29, 1.82) is 0 Å². The Morgan fingerprint density at radius 2 is 2.03 bits per heavy atom. The maximum absolute atomic E-state index is 13.9. The molecule has 1 N–H and O–H groups in total. The fraction of sp³-hybridized carbons (Fsp3) is 0.458. The maximum Gasteiger partial charge on any atom is 0.173 e. The molecule has 2 heterocycles. The minimum absolute atomic E-state index is 0.131. The summed E-state index contributed by atoms with van der Waals surface area (Å²) in [6.45, 7) is 5.11. The Hall–Kier alpha value is -2.58. The van der Waals surface area contributed by atoms with Crippen molar-refractivity contribution in [3.05, 3.63) is 59.4 Å². The van der Waals surface area contributed by atoms with E-state index in [1.807, 2.05) is 13.0 Å². The van der Waals surface area contributed by atoms with Crippen LogP contribution in [0.4, 0.5) is 4.39 Å². The number of hydrogen-bond donors (Lipinski definition) is 1. The Kier molecular flexibility index (Phi) is 6.01. The predicted octanol–water partition coefficient (Wildman–Crippen LogP) is 4.15. The van der Waals surface area contributed by atoms with Gasteiger partial charge in [0.05, 0.1) is 6.20 Å². The number of allylic oxidation sites excluding steroid dienone is 6. The summed E-state index contributed by atoms with van der Waals surface area (Å²) in [6, 6.07) is 3.58. The first-order valence-electron chi connectivity index (χ1n) is 10.4. The van der Waals surface area contributed by atoms with Crippen molar-refractivity contribution < 1.29 is 14.2 Å². The van der Waals surface area contributed by atoms with Crippen LogP contribution in [0.25, 0.3) is 0 Å². The molecule has 2 aliphatic carbocycles. The number of aryl methyl sites for hydroxylation is 1. The summed E-state index contributed by atoms with van der Waals surface area (Å²) in [5.41, 5.74) is 1.83. The van der Waals surface area contributed by atoms with Gasteiger partial charge in [-0.25, -0.2) is 4.39 Å². The third-order valence-electron chi connectivity index (χ3n) is 5.92. The van der Waals surface area contributed by atoms with Crippen molar-refractivity contribution in [2.24, 2.45) is 11.8 Å². The van der Waals surface area contributed by atoms with Crippen molar-refractivity contribution in [3.63, 3.8) is 0 Å². The number of pyridine rings is 1. The monoisotopic (exact) mass is 394 g/mol. The van der Waals surface area contributed by atoms with E-state index in [4.69, 9.17) is 4.74 Å². The van der Waals surface area contributed by atoms with E-state index in [1.165, 1.54) is 18.3 Å². The highest BCUT2D eigenvalue weighted by Crippen LogP contribution is 2.40. The number of rotatable bonds is 6. The van der Waals surface area contributed by atoms with Crippen LogP contribution < -0.4 is 0 Å². The molecular formula is C24H27FN2O2. The second-order valence-electron chi connectivity index (χ2n) is 8.30. The molecule has 0 radical (unpaired) electrons. The molecule has 4 nitrogen and oxygen atoms in total. The molecule has 1 aliphatic heterocycles. The van der Waals surface area contributed by atoms with Crippen molar-refractivity contribution >= 4 is 0 Å². The molecule has 0 bridgehead atoms. The molecule has 29 heavy (non-hydrogen) atoms. The van der Waals surface area contributed by atoms with Crippen LogP contribution in [-0.4, -0.2) is 40.7 Å². The molecule has 4 rings (SSSR count). The van der Waals surface area contributed by atoms with Gasteiger partial charge in [0.25, 0.3) is 0 Å². The number of fused-ring (bicyclic) bond motifs is 1. The third-order valence-corrected chi connectivity index (χ3v) is 5.92. The highest BCUT2D eigenvalue weighted by atomic mass is 19.1. The third kappa shape index (κ3) is 5.27. The van der Waals surface area contributed by atoms with Crippen molar-refractivity contribution in [2.45, 2.75) is 38.7 Å². The zero-order valence-electron chi connectivity index (χ0n) is 16.8. The van der Waals surface area contributed by atoms with Crippen LogP contribution in [0.2, 0.25) is 0 Å². The van der Waals surface area contributed by atoms with E-state index >= 15 is 0 Å². The average Bonchev–Trinajstić information content (AvgIpc) is 3.20. The quantitative estimate of drug-likeness (QED) is 0.737. The van der Waals surface area contributed by atoms with Crippen LogP contribution in [0.15, 0.2) is 53.7 Å². The zero-order chi connectivity index (χ0) is 20.2. The highest BCUT2D eigenvalue weighted by Gasteiger charge is 2.41. The van der Waals surface area contributed by atoms with Gasteiger partial charge in [-0.3, -0.25) is 4.98 Å². The van der Waals surface area contributed by atoms with E-state index in [0.717, 1.165) is 56.6 Å². The topological polar surface area (TPSA) is 45.6 Å². The molecule has 0 aromatic carbocycles. The van der Waals surface area contributed by atoms with E-state index < -0.39 is 0 Å². The van der Waals surface area contributed by atoms with E-state index in [0.29, 0.717) is 17.6 Å². The summed E-state index contributed by atoms with van der Waals surface area (Å²) in [6.07, 6.45) is 10.3. The summed E-state index contributed by atoms with van der Waals surface area (Å²) in [5, 5.41) is 9.31. The molecule has 3 aliphatic rings. The second-order valence-corrected chi connectivity index (χ2v) is 8.30. The molecule has 1 saturated heterocycles. The van der Waals surface area contributed by atoms with Gasteiger partial charge in [0.1, 0.15) is 17.7 Å². The Labute approximate surface area is 171 Å². The maximum atomic E-state index is 13.9. The van der Waals surface area contributed by atoms with Gasteiger partial charge < -0.3 is 14.7 Å². The lowest BCUT2D eigenvalue weighted by atomic mass is 10.0. The van der Waals surface area contributed by atoms with Gasteiger partial charge in [0, 0.05) is 24.9 Å². The number of ether oxygens (including phenoxy) is 1. The summed E-state index contributed by atoms with van der Waals surface area (Å²) < 4.78 is 20.0. The molecule has 2 unspecified atom stereocenters. The smallest absolute Gasteiger partial charge is 0.173 e. The number of aromatic nitrogens is 1. The SMILES string of the molecule is CC1=CC#C/C(OC2CC3CN(CCCc4ccc(O)cn4)CC3C2)=C/C(F)=C1. The van der Waals surface area contributed by atoms with Gasteiger partial charge in [0.15, 0.2) is 5.76 Å². The van der Waals surface area contributed by atoms with Crippen molar-refractivity contribution in [3.8, 4) is 17.6 Å². The van der Waals surface area contributed by atoms with Crippen LogP contribution in [0, 0.1) is 23.7 Å². The predicted molar refractivity (Wildman–Crippen MR) is 111 cm³/mol. The number of nitrogens with zero attached hydrogens (tertiary/aromatic N) is 2. The lowest BCUT2D eigenvalue weighted by Crippen LogP contribution is -2.25. The van der Waals surface area contributed by atoms with Crippen LogP contribution in [0.5, 0.6) is 5.75 Å². The Balaban J connectivity index is 1.22. The second kappa shape index (κ2) is 8.84. The van der Waals surface area contributed by atoms with Crippen LogP contribution in [-0.2, 0) is 11.2 Å². The zero-order valence-corrected chi connectivity index (χ0v) is 16.8. The van der Waals surface area contributed by atoms with E-state index in [2.05, 4.69) is 21.7 Å². The Morgan fingerprint density at radius 1 is 1.24 bits per heavy atom. The molecule has 5 heteroatoms. The molecule has 1 aromatic rings. The first-order chi connectivity index (χ1) is 14.0. The van der Waals surface area contributed by atoms with Gasteiger partial charge in [-0.05, 0) is 86.8 Å². The van der Waals surface area contributed by atoms with E-state index in [1.54, 1.807) is 12.1 Å². The largest absolute Gasteiger partial charge is 0.506 e. The molecule has 0 amide bonds. The summed E-state index contributed by atoms with van der Waals surface area (Å²) in [7, 11) is 0. The molecule has 1 saturated carbocycles. The van der Waals surface area contributed by atoms with Gasteiger partial charge in [-0.15, -0.1) is 0 Å². The number of hydrogen-bond acceptors (Lipinski definition) is 4.